The molecular weight excluding hydrogens is 238 g/mol. The number of carbonyl (C=O) groups excluding carboxylic acids is 1. The predicted octanol–water partition coefficient (Wildman–Crippen LogP) is 2.24. The first-order valence-corrected chi connectivity index (χ1v) is 6.83. The summed E-state index contributed by atoms with van der Waals surface area (Å²) in [5.41, 5.74) is 1.08. The number of hydrogen-bond acceptors (Lipinski definition) is 3. The van der Waals surface area contributed by atoms with Crippen LogP contribution in [0.5, 0.6) is 0 Å². The Morgan fingerprint density at radius 1 is 1.42 bits per heavy atom. The van der Waals surface area contributed by atoms with E-state index in [4.69, 9.17) is 0 Å². The van der Waals surface area contributed by atoms with Crippen LogP contribution in [-0.4, -0.2) is 36.4 Å². The van der Waals surface area contributed by atoms with E-state index in [9.17, 15) is 4.79 Å². The van der Waals surface area contributed by atoms with Crippen molar-refractivity contribution in [1.29, 1.82) is 0 Å². The summed E-state index contributed by atoms with van der Waals surface area (Å²) in [6.07, 6.45) is 5.05. The van der Waals surface area contributed by atoms with Gasteiger partial charge in [-0.1, -0.05) is 19.9 Å². The lowest BCUT2D eigenvalue weighted by Crippen LogP contribution is -2.31. The van der Waals surface area contributed by atoms with Gasteiger partial charge in [0.1, 0.15) is 0 Å². The molecule has 1 aromatic heterocycles. The Kier molecular flexibility index (Phi) is 6.50. The fraction of sp³-hybridized carbons (Fsp3) is 0.600. The minimum Gasteiger partial charge on any atom is -0.349 e. The van der Waals surface area contributed by atoms with Gasteiger partial charge in [-0.2, -0.15) is 0 Å². The standard InChI is InChI=1S/C15H25N3O/c1-12(2)10-14(13-6-5-8-16-11-13)17-15(19)7-9-18(3)4/h5-6,8,11-12,14H,7,9-10H2,1-4H3,(H,17,19)/t14-/m0/s1. The molecule has 1 amide bonds. The quantitative estimate of drug-likeness (QED) is 0.820. The molecule has 0 unspecified atom stereocenters. The van der Waals surface area contributed by atoms with E-state index in [1.807, 2.05) is 37.3 Å². The topological polar surface area (TPSA) is 45.2 Å². The molecular formula is C15H25N3O. The van der Waals surface area contributed by atoms with E-state index in [2.05, 4.69) is 24.1 Å². The van der Waals surface area contributed by atoms with E-state index in [1.54, 1.807) is 6.20 Å². The Balaban J connectivity index is 2.62. The van der Waals surface area contributed by atoms with Crippen LogP contribution in [0.25, 0.3) is 0 Å². The molecule has 0 fully saturated rings. The smallest absolute Gasteiger partial charge is 0.221 e. The summed E-state index contributed by atoms with van der Waals surface area (Å²) in [4.78, 5) is 18.1. The van der Waals surface area contributed by atoms with Crippen molar-refractivity contribution in [3.05, 3.63) is 30.1 Å². The zero-order valence-electron chi connectivity index (χ0n) is 12.4. The van der Waals surface area contributed by atoms with Gasteiger partial charge in [0.25, 0.3) is 0 Å². The van der Waals surface area contributed by atoms with Gasteiger partial charge in [-0.05, 0) is 38.1 Å². The summed E-state index contributed by atoms with van der Waals surface area (Å²) in [5.74, 6) is 0.627. The molecule has 106 valence electrons. The minimum atomic E-state index is 0.0587. The van der Waals surface area contributed by atoms with E-state index >= 15 is 0 Å². The second-order valence-electron chi connectivity index (χ2n) is 5.59. The fourth-order valence-corrected chi connectivity index (χ4v) is 1.92. The molecule has 0 saturated heterocycles. The molecule has 1 atom stereocenters. The van der Waals surface area contributed by atoms with Crippen LogP contribution in [0.2, 0.25) is 0 Å². The zero-order valence-corrected chi connectivity index (χ0v) is 12.4. The molecule has 19 heavy (non-hydrogen) atoms. The molecule has 4 nitrogen and oxygen atoms in total. The van der Waals surface area contributed by atoms with E-state index in [1.165, 1.54) is 0 Å². The van der Waals surface area contributed by atoms with Gasteiger partial charge in [0.05, 0.1) is 6.04 Å². The van der Waals surface area contributed by atoms with Crippen molar-refractivity contribution in [2.45, 2.75) is 32.7 Å². The van der Waals surface area contributed by atoms with Gasteiger partial charge in [-0.15, -0.1) is 0 Å². The lowest BCUT2D eigenvalue weighted by atomic mass is 9.98. The predicted molar refractivity (Wildman–Crippen MR) is 77.7 cm³/mol. The van der Waals surface area contributed by atoms with Crippen LogP contribution in [0, 0.1) is 5.92 Å². The third kappa shape index (κ3) is 6.34. The first kappa shape index (κ1) is 15.6. The third-order valence-electron chi connectivity index (χ3n) is 2.92. The van der Waals surface area contributed by atoms with Gasteiger partial charge in [0.2, 0.25) is 5.91 Å². The first-order valence-electron chi connectivity index (χ1n) is 6.83. The van der Waals surface area contributed by atoms with Crippen LogP contribution in [0.1, 0.15) is 38.3 Å². The average Bonchev–Trinajstić information content (AvgIpc) is 2.36. The number of hydrogen-bond donors (Lipinski definition) is 1. The SMILES string of the molecule is CC(C)C[C@H](NC(=O)CCN(C)C)c1cccnc1. The maximum Gasteiger partial charge on any atom is 0.221 e. The third-order valence-corrected chi connectivity index (χ3v) is 2.92. The molecule has 4 heteroatoms. The summed E-state index contributed by atoms with van der Waals surface area (Å²) in [6, 6.07) is 3.99. The van der Waals surface area contributed by atoms with Crippen molar-refractivity contribution in [3.63, 3.8) is 0 Å². The molecule has 1 rings (SSSR count). The van der Waals surface area contributed by atoms with Gasteiger partial charge in [-0.3, -0.25) is 9.78 Å². The van der Waals surface area contributed by atoms with Gasteiger partial charge >= 0.3 is 0 Å². The number of nitrogens with zero attached hydrogens (tertiary/aromatic N) is 2. The van der Waals surface area contributed by atoms with E-state index < -0.39 is 0 Å². The first-order chi connectivity index (χ1) is 8.99. The molecule has 0 aliphatic rings. The Labute approximate surface area is 116 Å². The van der Waals surface area contributed by atoms with E-state index in [-0.39, 0.29) is 11.9 Å². The second-order valence-corrected chi connectivity index (χ2v) is 5.59. The summed E-state index contributed by atoms with van der Waals surface area (Å²) in [7, 11) is 3.94. The highest BCUT2D eigenvalue weighted by Crippen LogP contribution is 2.20. The van der Waals surface area contributed by atoms with Gasteiger partial charge in [0, 0.05) is 25.4 Å². The average molecular weight is 263 g/mol. The van der Waals surface area contributed by atoms with E-state index in [0.29, 0.717) is 12.3 Å². The number of rotatable bonds is 7. The normalized spacial score (nSPS) is 12.7. The number of pyridine rings is 1. The minimum absolute atomic E-state index is 0.0587. The van der Waals surface area contributed by atoms with Crippen molar-refractivity contribution < 1.29 is 4.79 Å². The van der Waals surface area contributed by atoms with Crippen molar-refractivity contribution in [1.82, 2.24) is 15.2 Å². The zero-order chi connectivity index (χ0) is 14.3. The highest BCUT2D eigenvalue weighted by atomic mass is 16.1. The molecule has 0 bridgehead atoms. The lowest BCUT2D eigenvalue weighted by Gasteiger charge is -2.21. The largest absolute Gasteiger partial charge is 0.349 e. The number of amides is 1. The summed E-state index contributed by atoms with van der Waals surface area (Å²) < 4.78 is 0. The molecule has 0 aromatic carbocycles. The highest BCUT2D eigenvalue weighted by Gasteiger charge is 2.16. The number of aromatic nitrogens is 1. The number of nitrogens with one attached hydrogen (secondary N) is 1. The Morgan fingerprint density at radius 3 is 2.68 bits per heavy atom. The highest BCUT2D eigenvalue weighted by molar-refractivity contribution is 5.76. The van der Waals surface area contributed by atoms with Gasteiger partial charge in [0.15, 0.2) is 0 Å². The van der Waals surface area contributed by atoms with Crippen LogP contribution in [0.3, 0.4) is 0 Å². The molecule has 1 heterocycles. The summed E-state index contributed by atoms with van der Waals surface area (Å²) in [6.45, 7) is 5.10. The van der Waals surface area contributed by atoms with Crippen molar-refractivity contribution in [2.75, 3.05) is 20.6 Å². The maximum atomic E-state index is 12.0. The van der Waals surface area contributed by atoms with Crippen molar-refractivity contribution >= 4 is 5.91 Å². The van der Waals surface area contributed by atoms with Crippen LogP contribution >= 0.6 is 0 Å². The number of carbonyl (C=O) groups is 1. The molecule has 0 aliphatic heterocycles. The Morgan fingerprint density at radius 2 is 2.16 bits per heavy atom. The maximum absolute atomic E-state index is 12.0. The van der Waals surface area contributed by atoms with Crippen LogP contribution < -0.4 is 5.32 Å². The fourth-order valence-electron chi connectivity index (χ4n) is 1.92. The summed E-state index contributed by atoms with van der Waals surface area (Å²) >= 11 is 0. The van der Waals surface area contributed by atoms with Crippen molar-refractivity contribution in [3.8, 4) is 0 Å². The molecule has 1 N–H and O–H groups in total. The monoisotopic (exact) mass is 263 g/mol. The van der Waals surface area contributed by atoms with Crippen LogP contribution in [0.15, 0.2) is 24.5 Å². The van der Waals surface area contributed by atoms with E-state index in [0.717, 1.165) is 18.5 Å². The van der Waals surface area contributed by atoms with Crippen LogP contribution in [-0.2, 0) is 4.79 Å². The Hall–Kier alpha value is -1.42. The molecule has 0 aliphatic carbocycles. The lowest BCUT2D eigenvalue weighted by molar-refractivity contribution is -0.122. The van der Waals surface area contributed by atoms with Crippen molar-refractivity contribution in [2.24, 2.45) is 5.92 Å². The molecule has 0 spiro atoms. The molecule has 1 aromatic rings. The molecule has 0 saturated carbocycles. The Bertz CT molecular complexity index is 376. The van der Waals surface area contributed by atoms with Gasteiger partial charge < -0.3 is 10.2 Å². The summed E-state index contributed by atoms with van der Waals surface area (Å²) in [5, 5.41) is 3.11. The second kappa shape index (κ2) is 7.89. The molecule has 0 radical (unpaired) electrons. The van der Waals surface area contributed by atoms with Crippen LogP contribution in [0.4, 0.5) is 0 Å². The van der Waals surface area contributed by atoms with Gasteiger partial charge in [-0.25, -0.2) is 0 Å².